The highest BCUT2D eigenvalue weighted by atomic mass is 19.1. The number of esters is 1. The molecule has 0 aliphatic rings. The number of methoxy groups -OCH3 is 1. The summed E-state index contributed by atoms with van der Waals surface area (Å²) >= 11 is 0. The lowest BCUT2D eigenvalue weighted by Gasteiger charge is -2.03. The molecule has 0 fully saturated rings. The highest BCUT2D eigenvalue weighted by molar-refractivity contribution is 5.94. The van der Waals surface area contributed by atoms with Crippen molar-refractivity contribution in [2.75, 3.05) is 7.11 Å². The summed E-state index contributed by atoms with van der Waals surface area (Å²) in [4.78, 5) is 15.2. The second-order valence-electron chi connectivity index (χ2n) is 3.17. The Balaban J connectivity index is 2.57. The van der Waals surface area contributed by atoms with Gasteiger partial charge in [0.2, 0.25) is 5.89 Å². The minimum Gasteiger partial charge on any atom is -0.465 e. The number of carbonyl (C=O) groups excluding carboxylic acids is 1. The van der Waals surface area contributed by atoms with Gasteiger partial charge >= 0.3 is 5.97 Å². The van der Waals surface area contributed by atoms with Crippen LogP contribution >= 0.6 is 0 Å². The van der Waals surface area contributed by atoms with E-state index < -0.39 is 11.8 Å². The van der Waals surface area contributed by atoms with Crippen LogP contribution in [0.2, 0.25) is 0 Å². The zero-order valence-electron chi connectivity index (χ0n) is 9.10. The summed E-state index contributed by atoms with van der Waals surface area (Å²) in [5.74, 6) is -1.00. The van der Waals surface area contributed by atoms with Gasteiger partial charge in [-0.15, -0.1) is 10.2 Å². The average Bonchev–Trinajstić information content (AvgIpc) is 2.74. The van der Waals surface area contributed by atoms with E-state index in [9.17, 15) is 9.18 Å². The third-order valence-corrected chi connectivity index (χ3v) is 1.99. The third-order valence-electron chi connectivity index (χ3n) is 1.99. The van der Waals surface area contributed by atoms with E-state index in [1.54, 1.807) is 6.92 Å². The van der Waals surface area contributed by atoms with E-state index in [-0.39, 0.29) is 17.1 Å². The molecule has 0 saturated carbocycles. The summed E-state index contributed by atoms with van der Waals surface area (Å²) in [6, 6.07) is 1.01. The van der Waals surface area contributed by atoms with Gasteiger partial charge in [-0.3, -0.25) is 0 Å². The minimum atomic E-state index is -0.720. The third kappa shape index (κ3) is 2.12. The number of ether oxygens (including phenoxy) is 1. The van der Waals surface area contributed by atoms with Crippen LogP contribution in [0.4, 0.5) is 4.39 Å². The molecule has 7 heteroatoms. The fraction of sp³-hybridized carbons (Fsp3) is 0.200. The van der Waals surface area contributed by atoms with Gasteiger partial charge in [0, 0.05) is 6.92 Å². The molecule has 0 radical (unpaired) electrons. The highest BCUT2D eigenvalue weighted by Gasteiger charge is 2.20. The SMILES string of the molecule is COC(=O)c1cc(F)cnc1-c1nnc(C)o1. The lowest BCUT2D eigenvalue weighted by atomic mass is 10.2. The summed E-state index contributed by atoms with van der Waals surface area (Å²) < 4.78 is 22.7. The molecular weight excluding hydrogens is 229 g/mol. The normalized spacial score (nSPS) is 10.3. The molecule has 0 aromatic carbocycles. The van der Waals surface area contributed by atoms with Gasteiger partial charge in [0.1, 0.15) is 11.5 Å². The number of rotatable bonds is 2. The van der Waals surface area contributed by atoms with Crippen molar-refractivity contribution in [2.45, 2.75) is 6.92 Å². The van der Waals surface area contributed by atoms with Crippen molar-refractivity contribution in [1.82, 2.24) is 15.2 Å². The topological polar surface area (TPSA) is 78.1 Å². The molecular formula is C10H8FN3O3. The van der Waals surface area contributed by atoms with Crippen molar-refractivity contribution in [3.8, 4) is 11.6 Å². The monoisotopic (exact) mass is 237 g/mol. The maximum absolute atomic E-state index is 13.0. The van der Waals surface area contributed by atoms with Crippen LogP contribution in [-0.4, -0.2) is 28.3 Å². The molecule has 2 rings (SSSR count). The Bertz CT molecular complexity index is 568. The number of nitrogens with zero attached hydrogens (tertiary/aromatic N) is 3. The fourth-order valence-electron chi connectivity index (χ4n) is 1.27. The number of pyridine rings is 1. The van der Waals surface area contributed by atoms with Gasteiger partial charge in [0.25, 0.3) is 5.89 Å². The number of hydrogen-bond acceptors (Lipinski definition) is 6. The quantitative estimate of drug-likeness (QED) is 0.734. The number of aromatic nitrogens is 3. The maximum atomic E-state index is 13.0. The van der Waals surface area contributed by atoms with Crippen LogP contribution in [0.5, 0.6) is 0 Å². The van der Waals surface area contributed by atoms with Gasteiger partial charge in [-0.25, -0.2) is 14.2 Å². The van der Waals surface area contributed by atoms with Crippen LogP contribution in [0.1, 0.15) is 16.2 Å². The summed E-state index contributed by atoms with van der Waals surface area (Å²) in [5.41, 5.74) is 0.0370. The van der Waals surface area contributed by atoms with Crippen LogP contribution in [0.3, 0.4) is 0 Å². The molecule has 17 heavy (non-hydrogen) atoms. The highest BCUT2D eigenvalue weighted by Crippen LogP contribution is 2.21. The average molecular weight is 237 g/mol. The Labute approximate surface area is 95.4 Å². The number of hydrogen-bond donors (Lipinski definition) is 0. The standard InChI is InChI=1S/C10H8FN3O3/c1-5-13-14-9(17-5)8-7(10(15)16-2)3-6(11)4-12-8/h3-4H,1-2H3. The predicted octanol–water partition coefficient (Wildman–Crippen LogP) is 1.37. The molecule has 0 bridgehead atoms. The Kier molecular flexibility index (Phi) is 2.82. The predicted molar refractivity (Wildman–Crippen MR) is 53.6 cm³/mol. The molecule has 2 heterocycles. The van der Waals surface area contributed by atoms with E-state index in [0.29, 0.717) is 5.89 Å². The van der Waals surface area contributed by atoms with Crippen molar-refractivity contribution in [3.05, 3.63) is 29.5 Å². The molecule has 0 N–H and O–H groups in total. The molecule has 0 aliphatic heterocycles. The molecule has 0 spiro atoms. The van der Waals surface area contributed by atoms with Gasteiger partial charge in [-0.1, -0.05) is 0 Å². The summed E-state index contributed by atoms with van der Waals surface area (Å²) in [7, 11) is 1.19. The molecule has 0 aliphatic carbocycles. The summed E-state index contributed by atoms with van der Waals surface area (Å²) in [6.45, 7) is 1.60. The van der Waals surface area contributed by atoms with Crippen molar-refractivity contribution < 1.29 is 18.3 Å². The Morgan fingerprint density at radius 2 is 2.24 bits per heavy atom. The van der Waals surface area contributed by atoms with Gasteiger partial charge < -0.3 is 9.15 Å². The van der Waals surface area contributed by atoms with Gasteiger partial charge in [0.05, 0.1) is 18.9 Å². The Morgan fingerprint density at radius 3 is 2.82 bits per heavy atom. The van der Waals surface area contributed by atoms with Crippen LogP contribution in [0.15, 0.2) is 16.7 Å². The molecule has 2 aromatic rings. The van der Waals surface area contributed by atoms with Crippen LogP contribution < -0.4 is 0 Å². The molecule has 0 unspecified atom stereocenters. The van der Waals surface area contributed by atoms with Crippen LogP contribution in [0.25, 0.3) is 11.6 Å². The first-order chi connectivity index (χ1) is 8.11. The molecule has 2 aromatic heterocycles. The van der Waals surface area contributed by atoms with Crippen molar-refractivity contribution in [1.29, 1.82) is 0 Å². The first-order valence-electron chi connectivity index (χ1n) is 4.66. The van der Waals surface area contributed by atoms with Crippen molar-refractivity contribution >= 4 is 5.97 Å². The number of aryl methyl sites for hydroxylation is 1. The molecule has 88 valence electrons. The van der Waals surface area contributed by atoms with E-state index >= 15 is 0 Å². The molecule has 0 saturated heterocycles. The van der Waals surface area contributed by atoms with E-state index in [1.165, 1.54) is 7.11 Å². The molecule has 0 atom stereocenters. The first kappa shape index (κ1) is 11.2. The van der Waals surface area contributed by atoms with Crippen LogP contribution in [0, 0.1) is 12.7 Å². The maximum Gasteiger partial charge on any atom is 0.340 e. The Hall–Kier alpha value is -2.31. The fourth-order valence-corrected chi connectivity index (χ4v) is 1.27. The zero-order chi connectivity index (χ0) is 12.4. The lowest BCUT2D eigenvalue weighted by Crippen LogP contribution is -2.06. The van der Waals surface area contributed by atoms with Crippen molar-refractivity contribution in [2.24, 2.45) is 0 Å². The van der Waals surface area contributed by atoms with Gasteiger partial charge in [-0.05, 0) is 6.07 Å². The lowest BCUT2D eigenvalue weighted by molar-refractivity contribution is 0.0600. The first-order valence-corrected chi connectivity index (χ1v) is 4.66. The van der Waals surface area contributed by atoms with E-state index in [4.69, 9.17) is 4.42 Å². The van der Waals surface area contributed by atoms with Gasteiger partial charge in [-0.2, -0.15) is 0 Å². The Morgan fingerprint density at radius 1 is 1.47 bits per heavy atom. The minimum absolute atomic E-state index is 0.0444. The number of carbonyl (C=O) groups is 1. The molecule has 6 nitrogen and oxygen atoms in total. The molecule has 0 amide bonds. The smallest absolute Gasteiger partial charge is 0.340 e. The van der Waals surface area contributed by atoms with Crippen LogP contribution in [-0.2, 0) is 4.74 Å². The van der Waals surface area contributed by atoms with E-state index in [1.807, 2.05) is 0 Å². The van der Waals surface area contributed by atoms with E-state index in [2.05, 4.69) is 19.9 Å². The second kappa shape index (κ2) is 4.28. The van der Waals surface area contributed by atoms with Gasteiger partial charge in [0.15, 0.2) is 0 Å². The zero-order valence-corrected chi connectivity index (χ0v) is 9.10. The largest absolute Gasteiger partial charge is 0.465 e. The number of halogens is 1. The van der Waals surface area contributed by atoms with E-state index in [0.717, 1.165) is 12.3 Å². The second-order valence-corrected chi connectivity index (χ2v) is 3.17. The summed E-state index contributed by atoms with van der Waals surface area (Å²) in [5, 5.41) is 7.32. The van der Waals surface area contributed by atoms with Crippen molar-refractivity contribution in [3.63, 3.8) is 0 Å². The summed E-state index contributed by atoms with van der Waals surface area (Å²) in [6.07, 6.45) is 0.960.